The van der Waals surface area contributed by atoms with Crippen LogP contribution in [-0.4, -0.2) is 62.6 Å². The van der Waals surface area contributed by atoms with Crippen molar-refractivity contribution >= 4 is 20.8 Å². The van der Waals surface area contributed by atoms with E-state index in [1.165, 1.54) is 0 Å². The molecule has 1 rings (SSSR count). The summed E-state index contributed by atoms with van der Waals surface area (Å²) in [6.07, 6.45) is -3.63. The van der Waals surface area contributed by atoms with Crippen molar-refractivity contribution in [3.05, 3.63) is 0 Å². The van der Waals surface area contributed by atoms with E-state index in [4.69, 9.17) is 13.8 Å². The topological polar surface area (TPSA) is 157 Å². The van der Waals surface area contributed by atoms with Gasteiger partial charge in [0.25, 0.3) is 0 Å². The van der Waals surface area contributed by atoms with Crippen molar-refractivity contribution in [1.29, 1.82) is 0 Å². The van der Waals surface area contributed by atoms with E-state index in [1.807, 2.05) is 0 Å². The highest BCUT2D eigenvalue weighted by molar-refractivity contribution is 7.81. The molecular weight excluding hydrogens is 296 g/mol. The molecule has 1 aliphatic rings. The molecule has 0 spiro atoms. The highest BCUT2D eigenvalue weighted by Gasteiger charge is 2.34. The summed E-state index contributed by atoms with van der Waals surface area (Å²) in [5.41, 5.74) is 0. The molecular formula is C6H12O10S2. The number of aliphatic hydroxyl groups is 1. The molecule has 1 saturated heterocycles. The van der Waals surface area contributed by atoms with Crippen molar-refractivity contribution in [3.8, 4) is 0 Å². The Morgan fingerprint density at radius 2 is 1.78 bits per heavy atom. The Hall–Kier alpha value is -0.340. The smallest absolute Gasteiger partial charge is 0.390 e. The molecule has 108 valence electrons. The molecule has 1 fully saturated rings. The zero-order valence-corrected chi connectivity index (χ0v) is 10.5. The molecule has 0 aromatic rings. The van der Waals surface area contributed by atoms with Gasteiger partial charge in [0.1, 0.15) is 6.10 Å². The third-order valence-electron chi connectivity index (χ3n) is 2.08. The predicted octanol–water partition coefficient (Wildman–Crippen LogP) is -1.86. The summed E-state index contributed by atoms with van der Waals surface area (Å²) in [5.74, 6) is 0. The van der Waals surface area contributed by atoms with Crippen molar-refractivity contribution in [3.63, 3.8) is 0 Å². The van der Waals surface area contributed by atoms with Crippen LogP contribution in [0.1, 0.15) is 6.42 Å². The van der Waals surface area contributed by atoms with E-state index in [9.17, 15) is 21.9 Å². The molecule has 0 aromatic carbocycles. The maximum Gasteiger partial charge on any atom is 0.397 e. The van der Waals surface area contributed by atoms with E-state index in [0.29, 0.717) is 0 Å². The largest absolute Gasteiger partial charge is 0.397 e. The Labute approximate surface area is 103 Å². The average molecular weight is 308 g/mol. The zero-order chi connectivity index (χ0) is 14.0. The van der Waals surface area contributed by atoms with Crippen molar-refractivity contribution in [1.82, 2.24) is 0 Å². The Morgan fingerprint density at radius 1 is 1.17 bits per heavy atom. The van der Waals surface area contributed by atoms with Crippen molar-refractivity contribution in [2.24, 2.45) is 0 Å². The second kappa shape index (κ2) is 5.75. The van der Waals surface area contributed by atoms with Crippen LogP contribution in [-0.2, 0) is 33.9 Å². The van der Waals surface area contributed by atoms with Gasteiger partial charge in [-0.05, 0) is 0 Å². The highest BCUT2D eigenvalue weighted by atomic mass is 32.3. The van der Waals surface area contributed by atoms with Crippen LogP contribution in [0.2, 0.25) is 0 Å². The van der Waals surface area contributed by atoms with Gasteiger partial charge in [0.2, 0.25) is 0 Å². The van der Waals surface area contributed by atoms with Crippen LogP contribution in [0.4, 0.5) is 0 Å². The van der Waals surface area contributed by atoms with E-state index in [-0.39, 0.29) is 13.0 Å². The Balaban J connectivity index is 2.46. The lowest BCUT2D eigenvalue weighted by Gasteiger charge is -2.31. The fourth-order valence-corrected chi connectivity index (χ4v) is 2.18. The summed E-state index contributed by atoms with van der Waals surface area (Å²) in [4.78, 5) is 0. The second-order valence-corrected chi connectivity index (χ2v) is 5.67. The Kier molecular flexibility index (Phi) is 5.02. The number of hydrogen-bond donors (Lipinski definition) is 3. The van der Waals surface area contributed by atoms with Gasteiger partial charge in [-0.25, -0.2) is 8.37 Å². The molecule has 0 aromatic heterocycles. The maximum atomic E-state index is 10.4. The van der Waals surface area contributed by atoms with Crippen LogP contribution in [0.3, 0.4) is 0 Å². The minimum absolute atomic E-state index is 0.185. The van der Waals surface area contributed by atoms with E-state index < -0.39 is 45.7 Å². The first-order chi connectivity index (χ1) is 8.07. The van der Waals surface area contributed by atoms with Crippen LogP contribution in [0.5, 0.6) is 0 Å². The number of hydrogen-bond acceptors (Lipinski definition) is 8. The third kappa shape index (κ3) is 6.01. The normalized spacial score (nSPS) is 30.3. The summed E-state index contributed by atoms with van der Waals surface area (Å²) >= 11 is 0. The van der Waals surface area contributed by atoms with Crippen LogP contribution in [0.25, 0.3) is 0 Å². The molecule has 0 saturated carbocycles. The fourth-order valence-electron chi connectivity index (χ4n) is 1.36. The molecule has 2 unspecified atom stereocenters. The summed E-state index contributed by atoms with van der Waals surface area (Å²) in [6, 6.07) is 0. The maximum absolute atomic E-state index is 10.4. The van der Waals surface area contributed by atoms with E-state index in [0.717, 1.165) is 0 Å². The number of rotatable bonds is 5. The molecule has 0 radical (unpaired) electrons. The lowest BCUT2D eigenvalue weighted by molar-refractivity contribution is -0.120. The molecule has 1 heterocycles. The van der Waals surface area contributed by atoms with Crippen molar-refractivity contribution < 1.29 is 44.2 Å². The SMILES string of the molecule is O=S(=O)(O)OCC1C[C@@H](O)C(OS(=O)(=O)O)CO1. The number of ether oxygens (including phenoxy) is 1. The standard InChI is InChI=1S/C6H12O10S2/c7-5-1-4(2-15-17(8,9)10)14-3-6(5)16-18(11,12)13/h4-7H,1-3H2,(H,8,9,10)(H,11,12,13)/t4?,5-,6?/m1/s1. The van der Waals surface area contributed by atoms with Gasteiger partial charge in [-0.3, -0.25) is 9.11 Å². The van der Waals surface area contributed by atoms with Crippen molar-refractivity contribution in [2.75, 3.05) is 13.2 Å². The molecule has 3 atom stereocenters. The van der Waals surface area contributed by atoms with Gasteiger partial charge in [-0.2, -0.15) is 16.8 Å². The Morgan fingerprint density at radius 3 is 2.22 bits per heavy atom. The van der Waals surface area contributed by atoms with Gasteiger partial charge in [0.05, 0.1) is 25.4 Å². The van der Waals surface area contributed by atoms with E-state index in [1.54, 1.807) is 0 Å². The molecule has 10 nitrogen and oxygen atoms in total. The van der Waals surface area contributed by atoms with Gasteiger partial charge in [-0.1, -0.05) is 0 Å². The molecule has 12 heteroatoms. The minimum atomic E-state index is -4.72. The second-order valence-electron chi connectivity index (χ2n) is 3.53. The predicted molar refractivity (Wildman–Crippen MR) is 54.3 cm³/mol. The minimum Gasteiger partial charge on any atom is -0.390 e. The first-order valence-corrected chi connectivity index (χ1v) is 7.37. The van der Waals surface area contributed by atoms with E-state index >= 15 is 0 Å². The summed E-state index contributed by atoms with van der Waals surface area (Å²) < 4.78 is 71.2. The first-order valence-electron chi connectivity index (χ1n) is 4.64. The van der Waals surface area contributed by atoms with Gasteiger partial charge in [-0.15, -0.1) is 0 Å². The summed E-state index contributed by atoms with van der Waals surface area (Å²) in [7, 11) is -9.33. The van der Waals surface area contributed by atoms with E-state index in [2.05, 4.69) is 8.37 Å². The van der Waals surface area contributed by atoms with Gasteiger partial charge in [0, 0.05) is 6.42 Å². The molecule has 0 amide bonds. The van der Waals surface area contributed by atoms with Crippen molar-refractivity contribution in [2.45, 2.75) is 24.7 Å². The van der Waals surface area contributed by atoms with Gasteiger partial charge >= 0.3 is 20.8 Å². The van der Waals surface area contributed by atoms with Crippen LogP contribution < -0.4 is 0 Å². The molecule has 0 bridgehead atoms. The molecule has 0 aliphatic carbocycles. The highest BCUT2D eigenvalue weighted by Crippen LogP contribution is 2.19. The average Bonchev–Trinajstić information content (AvgIpc) is 2.15. The monoisotopic (exact) mass is 308 g/mol. The van der Waals surface area contributed by atoms with Crippen LogP contribution >= 0.6 is 0 Å². The lowest BCUT2D eigenvalue weighted by atomic mass is 10.0. The van der Waals surface area contributed by atoms with Gasteiger partial charge in [0.15, 0.2) is 0 Å². The summed E-state index contributed by atoms with van der Waals surface area (Å²) in [6.45, 7) is -0.922. The van der Waals surface area contributed by atoms with Crippen LogP contribution in [0.15, 0.2) is 0 Å². The lowest BCUT2D eigenvalue weighted by Crippen LogP contribution is -2.45. The summed E-state index contributed by atoms with van der Waals surface area (Å²) in [5, 5.41) is 9.48. The third-order valence-corrected chi connectivity index (χ3v) is 3.00. The fraction of sp³-hybridized carbons (Fsp3) is 1.00. The molecule has 18 heavy (non-hydrogen) atoms. The quantitative estimate of drug-likeness (QED) is 0.492. The Bertz CT molecular complexity index is 467. The molecule has 3 N–H and O–H groups in total. The first kappa shape index (κ1) is 15.7. The van der Waals surface area contributed by atoms with Crippen LogP contribution in [0, 0.1) is 0 Å². The van der Waals surface area contributed by atoms with Gasteiger partial charge < -0.3 is 9.84 Å². The molecule has 1 aliphatic heterocycles. The zero-order valence-electron chi connectivity index (χ0n) is 8.87. The number of aliphatic hydroxyl groups excluding tert-OH is 1.